The molecule has 7 nitrogen and oxygen atoms in total. The smallest absolute Gasteiger partial charge is 0.184 e. The van der Waals surface area contributed by atoms with Crippen LogP contribution in [-0.2, 0) is 16.4 Å². The van der Waals surface area contributed by atoms with Gasteiger partial charge in [-0.2, -0.15) is 0 Å². The van der Waals surface area contributed by atoms with Crippen LogP contribution in [0.2, 0.25) is 0 Å². The monoisotopic (exact) mass is 295 g/mol. The number of nitrogens with two attached hydrogens (primary N) is 1. The Hall–Kier alpha value is -1.96. The van der Waals surface area contributed by atoms with Crippen molar-refractivity contribution in [3.8, 4) is 11.4 Å². The molecule has 0 spiro atoms. The van der Waals surface area contributed by atoms with E-state index in [-0.39, 0.29) is 5.75 Å². The zero-order valence-corrected chi connectivity index (χ0v) is 12.3. The number of tetrazole rings is 1. The van der Waals surface area contributed by atoms with Gasteiger partial charge in [-0.15, -0.1) is 5.10 Å². The van der Waals surface area contributed by atoms with Gasteiger partial charge in [-0.1, -0.05) is 12.1 Å². The van der Waals surface area contributed by atoms with Crippen LogP contribution < -0.4 is 5.73 Å². The molecule has 1 aromatic heterocycles. The summed E-state index contributed by atoms with van der Waals surface area (Å²) in [6.07, 6.45) is 1.68. The van der Waals surface area contributed by atoms with E-state index in [0.717, 1.165) is 11.1 Å². The highest BCUT2D eigenvalue weighted by Gasteiger charge is 2.14. The maximum absolute atomic E-state index is 11.1. The first kappa shape index (κ1) is 14.4. The highest BCUT2D eigenvalue weighted by Crippen LogP contribution is 2.27. The number of hydrogen-bond donors (Lipinski definition) is 1. The van der Waals surface area contributed by atoms with Crippen LogP contribution in [0.15, 0.2) is 18.2 Å². The van der Waals surface area contributed by atoms with Gasteiger partial charge in [0, 0.05) is 24.1 Å². The zero-order valence-electron chi connectivity index (χ0n) is 11.4. The van der Waals surface area contributed by atoms with Gasteiger partial charge in [0.05, 0.1) is 5.75 Å². The Bertz CT molecular complexity index is 688. The lowest BCUT2D eigenvalue weighted by molar-refractivity contribution is 0.567. The predicted octanol–water partition coefficient (Wildman–Crippen LogP) is 0.665. The molecule has 0 amide bonds. The van der Waals surface area contributed by atoms with Crippen molar-refractivity contribution in [1.82, 2.24) is 20.2 Å². The second kappa shape index (κ2) is 5.58. The average Bonchev–Trinajstić information content (AvgIpc) is 2.75. The summed E-state index contributed by atoms with van der Waals surface area (Å²) in [5, 5.41) is 11.5. The number of nitrogen functional groups attached to an aromatic ring is 1. The lowest BCUT2D eigenvalue weighted by Gasteiger charge is -2.09. The number of anilines is 1. The fourth-order valence-corrected chi connectivity index (χ4v) is 2.66. The minimum absolute atomic E-state index is 0.107. The first-order chi connectivity index (χ1) is 9.38. The Morgan fingerprint density at radius 3 is 2.75 bits per heavy atom. The van der Waals surface area contributed by atoms with Gasteiger partial charge in [0.2, 0.25) is 0 Å². The first-order valence-electron chi connectivity index (χ1n) is 6.18. The number of sulfone groups is 1. The van der Waals surface area contributed by atoms with Crippen molar-refractivity contribution < 1.29 is 8.42 Å². The van der Waals surface area contributed by atoms with Crippen molar-refractivity contribution in [2.75, 3.05) is 17.7 Å². The van der Waals surface area contributed by atoms with Crippen molar-refractivity contribution in [3.05, 3.63) is 23.8 Å². The lowest BCUT2D eigenvalue weighted by atomic mass is 10.1. The second-order valence-electron chi connectivity index (χ2n) is 4.75. The SMILES string of the molecule is Cc1cccc(N)c1-c1nnnn1CCCS(C)(=O)=O. The standard InChI is InChI=1S/C12H17N5O2S/c1-9-5-3-6-10(13)11(9)12-14-15-16-17(12)7-4-8-20(2,18)19/h3,5-6H,4,7-8,13H2,1-2H3. The molecule has 2 aromatic rings. The van der Waals surface area contributed by atoms with Crippen molar-refractivity contribution in [1.29, 1.82) is 0 Å². The molecule has 1 aromatic carbocycles. The van der Waals surface area contributed by atoms with Crippen molar-refractivity contribution >= 4 is 15.5 Å². The third-order valence-electron chi connectivity index (χ3n) is 2.95. The van der Waals surface area contributed by atoms with Gasteiger partial charge >= 0.3 is 0 Å². The van der Waals surface area contributed by atoms with Crippen LogP contribution in [0.1, 0.15) is 12.0 Å². The third-order valence-corrected chi connectivity index (χ3v) is 3.98. The Morgan fingerprint density at radius 1 is 1.35 bits per heavy atom. The van der Waals surface area contributed by atoms with Gasteiger partial charge in [0.1, 0.15) is 9.84 Å². The number of rotatable bonds is 5. The minimum atomic E-state index is -2.98. The van der Waals surface area contributed by atoms with E-state index in [9.17, 15) is 8.42 Å². The van der Waals surface area contributed by atoms with Crippen molar-refractivity contribution in [3.63, 3.8) is 0 Å². The summed E-state index contributed by atoms with van der Waals surface area (Å²) < 4.78 is 23.9. The normalized spacial score (nSPS) is 11.7. The average molecular weight is 295 g/mol. The molecule has 0 aliphatic rings. The van der Waals surface area contributed by atoms with E-state index in [1.54, 1.807) is 10.7 Å². The summed E-state index contributed by atoms with van der Waals surface area (Å²) >= 11 is 0. The second-order valence-corrected chi connectivity index (χ2v) is 7.01. The molecule has 108 valence electrons. The number of hydrogen-bond acceptors (Lipinski definition) is 6. The number of aromatic nitrogens is 4. The van der Waals surface area contributed by atoms with Gasteiger partial charge in [-0.25, -0.2) is 13.1 Å². The van der Waals surface area contributed by atoms with E-state index in [1.807, 2.05) is 19.1 Å². The van der Waals surface area contributed by atoms with Crippen LogP contribution in [0, 0.1) is 6.92 Å². The predicted molar refractivity (Wildman–Crippen MR) is 76.7 cm³/mol. The first-order valence-corrected chi connectivity index (χ1v) is 8.24. The summed E-state index contributed by atoms with van der Waals surface area (Å²) in [4.78, 5) is 0. The fourth-order valence-electron chi connectivity index (χ4n) is 2.01. The summed E-state index contributed by atoms with van der Waals surface area (Å²) in [7, 11) is -2.98. The molecule has 0 saturated heterocycles. The molecule has 0 saturated carbocycles. The van der Waals surface area contributed by atoms with E-state index < -0.39 is 9.84 Å². The lowest BCUT2D eigenvalue weighted by Crippen LogP contribution is -2.10. The topological polar surface area (TPSA) is 104 Å². The number of nitrogens with zero attached hydrogens (tertiary/aromatic N) is 4. The van der Waals surface area contributed by atoms with Crippen LogP contribution in [0.5, 0.6) is 0 Å². The quantitative estimate of drug-likeness (QED) is 0.813. The summed E-state index contributed by atoms with van der Waals surface area (Å²) in [6, 6.07) is 5.59. The van der Waals surface area contributed by atoms with Crippen LogP contribution in [0.3, 0.4) is 0 Å². The Balaban J connectivity index is 2.25. The molecule has 0 aliphatic carbocycles. The Labute approximate surface area is 117 Å². The Morgan fingerprint density at radius 2 is 2.10 bits per heavy atom. The molecular formula is C12H17N5O2S. The van der Waals surface area contributed by atoms with Gasteiger partial charge in [-0.3, -0.25) is 0 Å². The third kappa shape index (κ3) is 3.32. The number of aryl methyl sites for hydroxylation is 2. The summed E-state index contributed by atoms with van der Waals surface area (Å²) in [6.45, 7) is 2.37. The molecule has 2 rings (SSSR count). The van der Waals surface area contributed by atoms with E-state index in [4.69, 9.17) is 5.73 Å². The van der Waals surface area contributed by atoms with E-state index >= 15 is 0 Å². The Kier molecular flexibility index (Phi) is 4.03. The molecule has 0 aliphatic heterocycles. The van der Waals surface area contributed by atoms with Crippen molar-refractivity contribution in [2.24, 2.45) is 0 Å². The maximum atomic E-state index is 11.1. The number of benzene rings is 1. The van der Waals surface area contributed by atoms with Gasteiger partial charge in [0.15, 0.2) is 5.82 Å². The van der Waals surface area contributed by atoms with Crippen LogP contribution in [-0.4, -0.2) is 40.6 Å². The summed E-state index contributed by atoms with van der Waals surface area (Å²) in [5.74, 6) is 0.671. The van der Waals surface area contributed by atoms with Gasteiger partial charge < -0.3 is 5.73 Å². The zero-order chi connectivity index (χ0) is 14.8. The largest absolute Gasteiger partial charge is 0.398 e. The van der Waals surface area contributed by atoms with Crippen LogP contribution >= 0.6 is 0 Å². The van der Waals surface area contributed by atoms with Crippen LogP contribution in [0.25, 0.3) is 11.4 Å². The molecule has 8 heteroatoms. The van der Waals surface area contributed by atoms with E-state index in [2.05, 4.69) is 15.5 Å². The van der Waals surface area contributed by atoms with Crippen LogP contribution in [0.4, 0.5) is 5.69 Å². The maximum Gasteiger partial charge on any atom is 0.184 e. The van der Waals surface area contributed by atoms with Crippen molar-refractivity contribution in [2.45, 2.75) is 19.9 Å². The molecule has 20 heavy (non-hydrogen) atoms. The molecule has 2 N–H and O–H groups in total. The molecular weight excluding hydrogens is 278 g/mol. The van der Waals surface area contributed by atoms with E-state index in [0.29, 0.717) is 24.5 Å². The molecule has 0 fully saturated rings. The summed E-state index contributed by atoms with van der Waals surface area (Å²) in [5.41, 5.74) is 8.34. The molecule has 0 unspecified atom stereocenters. The fraction of sp³-hybridized carbons (Fsp3) is 0.417. The highest BCUT2D eigenvalue weighted by atomic mass is 32.2. The molecule has 0 bridgehead atoms. The van der Waals surface area contributed by atoms with Gasteiger partial charge in [0.25, 0.3) is 0 Å². The minimum Gasteiger partial charge on any atom is -0.398 e. The molecule has 0 atom stereocenters. The van der Waals surface area contributed by atoms with Gasteiger partial charge in [-0.05, 0) is 35.4 Å². The molecule has 0 radical (unpaired) electrons. The van der Waals surface area contributed by atoms with E-state index in [1.165, 1.54) is 6.26 Å². The highest BCUT2D eigenvalue weighted by molar-refractivity contribution is 7.90. The molecule has 1 heterocycles.